The molecule has 7 heteroatoms. The molecule has 1 aromatic heterocycles. The van der Waals surface area contributed by atoms with E-state index in [4.69, 9.17) is 0 Å². The van der Waals surface area contributed by atoms with Crippen molar-refractivity contribution in [1.82, 2.24) is 19.6 Å². The third-order valence-electron chi connectivity index (χ3n) is 4.70. The minimum atomic E-state index is -0.307. The number of carbonyl (C=O) groups excluding carboxylic acids is 1. The molecule has 6 nitrogen and oxygen atoms in total. The van der Waals surface area contributed by atoms with Crippen LogP contribution in [0.5, 0.6) is 0 Å². The highest BCUT2D eigenvalue weighted by atomic mass is 19.1. The second-order valence-electron chi connectivity index (χ2n) is 6.19. The average molecular weight is 346 g/mol. The molecule has 0 bridgehead atoms. The smallest absolute Gasteiger partial charge is 0.274 e. The number of hydrogen-bond acceptors (Lipinski definition) is 4. The number of carbonyl (C=O) groups is 1. The topological polar surface area (TPSA) is 61.6 Å². The second kappa shape index (κ2) is 7.76. The van der Waals surface area contributed by atoms with Crippen molar-refractivity contribution in [1.29, 1.82) is 0 Å². The van der Waals surface area contributed by atoms with E-state index in [1.807, 2.05) is 0 Å². The van der Waals surface area contributed by atoms with Crippen molar-refractivity contribution in [3.8, 4) is 5.69 Å². The van der Waals surface area contributed by atoms with Crippen LogP contribution in [0.4, 0.5) is 4.39 Å². The first-order chi connectivity index (χ1) is 12.1. The van der Waals surface area contributed by atoms with Gasteiger partial charge in [-0.2, -0.15) is 5.10 Å². The summed E-state index contributed by atoms with van der Waals surface area (Å²) >= 11 is 0. The summed E-state index contributed by atoms with van der Waals surface area (Å²) in [5.41, 5.74) is 1.09. The molecule has 1 unspecified atom stereocenters. The molecular weight excluding hydrogens is 323 g/mol. The Morgan fingerprint density at radius 3 is 2.48 bits per heavy atom. The Balaban J connectivity index is 1.64. The Bertz CT molecular complexity index is 704. The van der Waals surface area contributed by atoms with Crippen molar-refractivity contribution >= 4 is 5.91 Å². The van der Waals surface area contributed by atoms with Crippen LogP contribution in [0.3, 0.4) is 0 Å². The molecule has 25 heavy (non-hydrogen) atoms. The first-order valence-corrected chi connectivity index (χ1v) is 8.58. The Hall–Kier alpha value is -2.25. The van der Waals surface area contributed by atoms with Gasteiger partial charge in [0.1, 0.15) is 5.82 Å². The van der Waals surface area contributed by atoms with Gasteiger partial charge in [-0.05, 0) is 36.8 Å². The van der Waals surface area contributed by atoms with E-state index >= 15 is 0 Å². The van der Waals surface area contributed by atoms with Gasteiger partial charge in [-0.1, -0.05) is 6.92 Å². The average Bonchev–Trinajstić information content (AvgIpc) is 3.13. The van der Waals surface area contributed by atoms with Crippen molar-refractivity contribution in [2.24, 2.45) is 0 Å². The molecular formula is C18H23FN4O2. The van der Waals surface area contributed by atoms with Crippen LogP contribution < -0.4 is 0 Å². The normalized spacial score (nSPS) is 16.8. The van der Waals surface area contributed by atoms with E-state index < -0.39 is 0 Å². The van der Waals surface area contributed by atoms with Gasteiger partial charge in [-0.15, -0.1) is 0 Å². The lowest BCUT2D eigenvalue weighted by Crippen LogP contribution is -2.52. The molecule has 0 saturated carbocycles. The molecule has 1 atom stereocenters. The summed E-state index contributed by atoms with van der Waals surface area (Å²) in [5.74, 6) is -0.407. The summed E-state index contributed by atoms with van der Waals surface area (Å²) < 4.78 is 14.6. The maximum Gasteiger partial charge on any atom is 0.274 e. The van der Waals surface area contributed by atoms with Crippen LogP contribution >= 0.6 is 0 Å². The number of rotatable bonds is 5. The number of aliphatic hydroxyl groups excluding tert-OH is 1. The van der Waals surface area contributed by atoms with Crippen LogP contribution in [0.25, 0.3) is 5.69 Å². The van der Waals surface area contributed by atoms with Crippen molar-refractivity contribution in [3.63, 3.8) is 0 Å². The Morgan fingerprint density at radius 1 is 1.20 bits per heavy atom. The van der Waals surface area contributed by atoms with E-state index in [2.05, 4.69) is 16.9 Å². The highest BCUT2D eigenvalue weighted by molar-refractivity contribution is 5.92. The maximum atomic E-state index is 13.0. The summed E-state index contributed by atoms with van der Waals surface area (Å²) in [6, 6.07) is 7.81. The van der Waals surface area contributed by atoms with E-state index in [1.165, 1.54) is 12.1 Å². The highest BCUT2D eigenvalue weighted by Crippen LogP contribution is 2.13. The lowest BCUT2D eigenvalue weighted by atomic mass is 10.1. The van der Waals surface area contributed by atoms with Gasteiger partial charge in [0.2, 0.25) is 0 Å². The largest absolute Gasteiger partial charge is 0.395 e. The minimum absolute atomic E-state index is 0.0995. The quantitative estimate of drug-likeness (QED) is 0.892. The van der Waals surface area contributed by atoms with Gasteiger partial charge in [0.05, 0.1) is 12.3 Å². The van der Waals surface area contributed by atoms with E-state index in [9.17, 15) is 14.3 Å². The SMILES string of the molecule is CCC(CO)N1CCN(C(=O)c2ccn(-c3ccc(F)cc3)n2)CC1. The number of aliphatic hydroxyl groups is 1. The first-order valence-electron chi connectivity index (χ1n) is 8.58. The van der Waals surface area contributed by atoms with Gasteiger partial charge in [0.25, 0.3) is 5.91 Å². The molecule has 1 fully saturated rings. The highest BCUT2D eigenvalue weighted by Gasteiger charge is 2.26. The van der Waals surface area contributed by atoms with E-state index in [-0.39, 0.29) is 24.4 Å². The Labute approximate surface area is 146 Å². The molecule has 3 rings (SSSR count). The lowest BCUT2D eigenvalue weighted by Gasteiger charge is -2.38. The number of piperazine rings is 1. The van der Waals surface area contributed by atoms with Gasteiger partial charge in [0, 0.05) is 38.4 Å². The van der Waals surface area contributed by atoms with Crippen molar-refractivity contribution in [2.75, 3.05) is 32.8 Å². The van der Waals surface area contributed by atoms with Crippen LogP contribution in [0.2, 0.25) is 0 Å². The summed E-state index contributed by atoms with van der Waals surface area (Å²) in [5, 5.41) is 13.7. The van der Waals surface area contributed by atoms with Crippen LogP contribution in [0, 0.1) is 5.82 Å². The molecule has 2 heterocycles. The fourth-order valence-corrected chi connectivity index (χ4v) is 3.13. The third-order valence-corrected chi connectivity index (χ3v) is 4.70. The summed E-state index contributed by atoms with van der Waals surface area (Å²) in [7, 11) is 0. The Kier molecular flexibility index (Phi) is 5.45. The number of benzene rings is 1. The van der Waals surface area contributed by atoms with Crippen LogP contribution in [0.1, 0.15) is 23.8 Å². The molecule has 1 aromatic carbocycles. The van der Waals surface area contributed by atoms with Gasteiger partial charge in [-0.25, -0.2) is 9.07 Å². The molecule has 134 valence electrons. The number of hydrogen-bond donors (Lipinski definition) is 1. The second-order valence-corrected chi connectivity index (χ2v) is 6.19. The maximum absolute atomic E-state index is 13.0. The van der Waals surface area contributed by atoms with Crippen LogP contribution in [-0.2, 0) is 0 Å². The summed E-state index contributed by atoms with van der Waals surface area (Å²) in [4.78, 5) is 16.6. The van der Waals surface area contributed by atoms with E-state index in [1.54, 1.807) is 34.0 Å². The predicted octanol–water partition coefficient (Wildman–Crippen LogP) is 1.54. The lowest BCUT2D eigenvalue weighted by molar-refractivity contribution is 0.0468. The van der Waals surface area contributed by atoms with Crippen LogP contribution in [-0.4, -0.2) is 69.4 Å². The number of halogens is 1. The molecule has 0 spiro atoms. The zero-order chi connectivity index (χ0) is 17.8. The Morgan fingerprint density at radius 2 is 1.88 bits per heavy atom. The molecule has 0 radical (unpaired) electrons. The summed E-state index contributed by atoms with van der Waals surface area (Å²) in [6.07, 6.45) is 2.60. The zero-order valence-corrected chi connectivity index (χ0v) is 14.3. The van der Waals surface area contributed by atoms with Gasteiger partial charge in [0.15, 0.2) is 5.69 Å². The van der Waals surface area contributed by atoms with Crippen molar-refractivity contribution in [3.05, 3.63) is 48.0 Å². The minimum Gasteiger partial charge on any atom is -0.395 e. The number of aromatic nitrogens is 2. The number of amides is 1. The molecule has 1 saturated heterocycles. The molecule has 1 aliphatic heterocycles. The predicted molar refractivity (Wildman–Crippen MR) is 92.2 cm³/mol. The standard InChI is InChI=1S/C18H23FN4O2/c1-2-15(13-24)21-9-11-22(12-10-21)18(25)17-7-8-23(20-17)16-5-3-14(19)4-6-16/h3-8,15,24H,2,9-13H2,1H3. The monoisotopic (exact) mass is 346 g/mol. The third kappa shape index (κ3) is 3.88. The van der Waals surface area contributed by atoms with Crippen LogP contribution in [0.15, 0.2) is 36.5 Å². The fourth-order valence-electron chi connectivity index (χ4n) is 3.13. The molecule has 1 N–H and O–H groups in total. The van der Waals surface area contributed by atoms with Gasteiger partial charge in [-0.3, -0.25) is 9.69 Å². The van der Waals surface area contributed by atoms with Gasteiger partial charge >= 0.3 is 0 Å². The van der Waals surface area contributed by atoms with E-state index in [0.29, 0.717) is 24.5 Å². The fraction of sp³-hybridized carbons (Fsp3) is 0.444. The first kappa shape index (κ1) is 17.6. The van der Waals surface area contributed by atoms with Gasteiger partial charge < -0.3 is 10.0 Å². The van der Waals surface area contributed by atoms with Crippen molar-refractivity contribution < 1.29 is 14.3 Å². The molecule has 2 aromatic rings. The number of nitrogens with zero attached hydrogens (tertiary/aromatic N) is 4. The molecule has 1 amide bonds. The zero-order valence-electron chi connectivity index (χ0n) is 14.3. The van der Waals surface area contributed by atoms with Crippen molar-refractivity contribution in [2.45, 2.75) is 19.4 Å². The molecule has 1 aliphatic rings. The molecule has 0 aliphatic carbocycles. The summed E-state index contributed by atoms with van der Waals surface area (Å²) in [6.45, 7) is 4.96. The van der Waals surface area contributed by atoms with E-state index in [0.717, 1.165) is 19.5 Å².